The van der Waals surface area contributed by atoms with Crippen LogP contribution in [0.2, 0.25) is 0 Å². The van der Waals surface area contributed by atoms with Crippen LogP contribution in [-0.2, 0) is 9.57 Å². The third-order valence-corrected chi connectivity index (χ3v) is 4.12. The monoisotopic (exact) mass is 351 g/mol. The molecule has 1 aliphatic heterocycles. The van der Waals surface area contributed by atoms with Crippen molar-refractivity contribution in [1.82, 2.24) is 4.90 Å². The van der Waals surface area contributed by atoms with Gasteiger partial charge < -0.3 is 24.3 Å². The molecule has 0 atom stereocenters. The fourth-order valence-corrected chi connectivity index (χ4v) is 2.84. The first kappa shape index (κ1) is 19.3. The van der Waals surface area contributed by atoms with Gasteiger partial charge in [0.15, 0.2) is 0 Å². The first-order valence-corrected chi connectivity index (χ1v) is 8.81. The van der Waals surface area contributed by atoms with Crippen LogP contribution in [0.25, 0.3) is 0 Å². The average Bonchev–Trinajstić information content (AvgIpc) is 2.67. The number of nitrogens with zero attached hydrogens (tertiary/aromatic N) is 3. The molecule has 140 valence electrons. The van der Waals surface area contributed by atoms with E-state index in [0.717, 1.165) is 50.6 Å². The molecule has 1 aromatic rings. The van der Waals surface area contributed by atoms with Gasteiger partial charge in [0.05, 0.1) is 19.4 Å². The summed E-state index contributed by atoms with van der Waals surface area (Å²) in [7, 11) is 1.71. The minimum Gasteiger partial charge on any atom is -0.495 e. The third kappa shape index (κ3) is 6.10. The van der Waals surface area contributed by atoms with E-state index in [4.69, 9.17) is 19.4 Å². The van der Waals surface area contributed by atoms with Gasteiger partial charge in [0.1, 0.15) is 19.0 Å². The van der Waals surface area contributed by atoms with Gasteiger partial charge in [0, 0.05) is 32.7 Å². The number of hydrogen-bond donors (Lipinski definition) is 1. The lowest BCUT2D eigenvalue weighted by molar-refractivity contribution is 0.114. The zero-order chi connectivity index (χ0) is 17.9. The van der Waals surface area contributed by atoms with Crippen LogP contribution >= 0.6 is 0 Å². The van der Waals surface area contributed by atoms with E-state index in [1.165, 1.54) is 0 Å². The highest BCUT2D eigenvalue weighted by Crippen LogP contribution is 2.28. The fraction of sp³-hybridized carbons (Fsp3) is 0.611. The van der Waals surface area contributed by atoms with Gasteiger partial charge in [-0.1, -0.05) is 12.1 Å². The molecule has 0 saturated carbocycles. The van der Waals surface area contributed by atoms with E-state index in [-0.39, 0.29) is 12.5 Å². The minimum atomic E-state index is -0.237. The van der Waals surface area contributed by atoms with E-state index in [1.807, 2.05) is 25.1 Å². The molecule has 25 heavy (non-hydrogen) atoms. The van der Waals surface area contributed by atoms with Crippen LogP contribution in [0.5, 0.6) is 5.75 Å². The molecular formula is C18H29N3O4. The number of benzene rings is 1. The summed E-state index contributed by atoms with van der Waals surface area (Å²) in [5.41, 5.74) is 1.16. The summed E-state index contributed by atoms with van der Waals surface area (Å²) >= 11 is 0. The maximum atomic E-state index is 9.02. The van der Waals surface area contributed by atoms with Crippen LogP contribution in [0.4, 0.5) is 5.69 Å². The van der Waals surface area contributed by atoms with Gasteiger partial charge in [-0.2, -0.15) is 0 Å². The fourth-order valence-electron chi connectivity index (χ4n) is 2.84. The second-order valence-electron chi connectivity index (χ2n) is 5.76. The number of aliphatic hydroxyl groups is 1. The van der Waals surface area contributed by atoms with E-state index in [0.29, 0.717) is 13.2 Å². The summed E-state index contributed by atoms with van der Waals surface area (Å²) < 4.78 is 10.6. The molecule has 1 saturated heterocycles. The van der Waals surface area contributed by atoms with Crippen molar-refractivity contribution in [3.63, 3.8) is 0 Å². The molecule has 0 radical (unpaired) electrons. The highest BCUT2D eigenvalue weighted by atomic mass is 16.6. The van der Waals surface area contributed by atoms with Gasteiger partial charge in [-0.05, 0) is 30.6 Å². The second kappa shape index (κ2) is 10.8. The molecule has 7 nitrogen and oxygen atoms in total. The summed E-state index contributed by atoms with van der Waals surface area (Å²) in [6.07, 6.45) is 0.892. The molecule has 0 spiro atoms. The van der Waals surface area contributed by atoms with Crippen LogP contribution in [0, 0.1) is 0 Å². The van der Waals surface area contributed by atoms with E-state index in [1.54, 1.807) is 7.11 Å². The molecule has 0 bridgehead atoms. The number of anilines is 1. The van der Waals surface area contributed by atoms with Crippen LogP contribution in [0.3, 0.4) is 0 Å². The number of methoxy groups -OCH3 is 1. The van der Waals surface area contributed by atoms with Gasteiger partial charge in [-0.15, -0.1) is 0 Å². The molecule has 0 unspecified atom stereocenters. The number of ether oxygens (including phenoxy) is 2. The Morgan fingerprint density at radius 1 is 1.20 bits per heavy atom. The number of oxime groups is 1. The maximum absolute atomic E-state index is 9.02. The van der Waals surface area contributed by atoms with Crippen LogP contribution in [0.15, 0.2) is 29.4 Å². The first-order valence-electron chi connectivity index (χ1n) is 8.81. The first-order chi connectivity index (χ1) is 12.3. The third-order valence-electron chi connectivity index (χ3n) is 4.12. The zero-order valence-corrected chi connectivity index (χ0v) is 15.2. The van der Waals surface area contributed by atoms with Gasteiger partial charge in [0.2, 0.25) is 0 Å². The van der Waals surface area contributed by atoms with E-state index >= 15 is 0 Å². The van der Waals surface area contributed by atoms with Crippen molar-refractivity contribution in [2.75, 3.05) is 64.6 Å². The van der Waals surface area contributed by atoms with Crippen molar-refractivity contribution in [3.05, 3.63) is 24.3 Å². The molecule has 1 aromatic carbocycles. The number of rotatable bonds is 9. The number of para-hydroxylation sites is 2. The van der Waals surface area contributed by atoms with Crippen molar-refractivity contribution in [1.29, 1.82) is 0 Å². The van der Waals surface area contributed by atoms with Crippen LogP contribution in [0.1, 0.15) is 13.3 Å². The topological polar surface area (TPSA) is 66.8 Å². The normalized spacial score (nSPS) is 16.0. The number of aliphatic hydroxyl groups excluding tert-OH is 1. The summed E-state index contributed by atoms with van der Waals surface area (Å²) in [5, 5.41) is 12.8. The summed E-state index contributed by atoms with van der Waals surface area (Å²) in [6, 6.07) is 8.15. The Labute approximate surface area is 149 Å². The summed E-state index contributed by atoms with van der Waals surface area (Å²) in [5.74, 6) is 1.16. The highest BCUT2D eigenvalue weighted by molar-refractivity contribution is 5.76. The Bertz CT molecular complexity index is 531. The lowest BCUT2D eigenvalue weighted by Gasteiger charge is -2.36. The van der Waals surface area contributed by atoms with E-state index in [2.05, 4.69) is 21.0 Å². The zero-order valence-electron chi connectivity index (χ0n) is 15.2. The quantitative estimate of drug-likeness (QED) is 0.315. The van der Waals surface area contributed by atoms with Crippen molar-refractivity contribution in [2.45, 2.75) is 13.3 Å². The van der Waals surface area contributed by atoms with Crippen molar-refractivity contribution in [3.8, 4) is 5.75 Å². The Morgan fingerprint density at radius 3 is 2.64 bits per heavy atom. The molecule has 0 amide bonds. The smallest absolute Gasteiger partial charge is 0.251 e. The molecular weight excluding hydrogens is 322 g/mol. The highest BCUT2D eigenvalue weighted by Gasteiger charge is 2.19. The average molecular weight is 351 g/mol. The van der Waals surface area contributed by atoms with Gasteiger partial charge in [0.25, 0.3) is 5.90 Å². The van der Waals surface area contributed by atoms with Crippen molar-refractivity contribution < 1.29 is 19.4 Å². The van der Waals surface area contributed by atoms with Crippen LogP contribution < -0.4 is 9.64 Å². The Balaban J connectivity index is 1.67. The Hall–Kier alpha value is -1.99. The molecule has 0 aliphatic carbocycles. The summed E-state index contributed by atoms with van der Waals surface area (Å²) in [4.78, 5) is 9.99. The SMILES string of the molecule is CCOC(CO)=NOCCCN1CCN(c2ccccc2OC)CC1. The van der Waals surface area contributed by atoms with Crippen LogP contribution in [-0.4, -0.2) is 75.6 Å². The lowest BCUT2D eigenvalue weighted by Crippen LogP contribution is -2.46. The molecule has 1 N–H and O–H groups in total. The number of piperazine rings is 1. The molecule has 1 heterocycles. The predicted octanol–water partition coefficient (Wildman–Crippen LogP) is 1.57. The maximum Gasteiger partial charge on any atom is 0.251 e. The minimum absolute atomic E-state index is 0.230. The van der Waals surface area contributed by atoms with Gasteiger partial charge in [-0.25, -0.2) is 0 Å². The van der Waals surface area contributed by atoms with Gasteiger partial charge >= 0.3 is 0 Å². The number of hydrogen-bond acceptors (Lipinski definition) is 7. The molecule has 1 aliphatic rings. The lowest BCUT2D eigenvalue weighted by atomic mass is 10.2. The van der Waals surface area contributed by atoms with Crippen molar-refractivity contribution >= 4 is 11.6 Å². The largest absolute Gasteiger partial charge is 0.495 e. The van der Waals surface area contributed by atoms with Gasteiger partial charge in [-0.3, -0.25) is 4.90 Å². The van der Waals surface area contributed by atoms with Crippen molar-refractivity contribution in [2.24, 2.45) is 5.16 Å². The standard InChI is InChI=1S/C18H29N3O4/c1-3-24-18(15-22)19-25-14-6-9-20-10-12-21(13-11-20)16-7-4-5-8-17(16)23-2/h4-5,7-8,22H,3,6,9-15H2,1-2H3. The van der Waals surface area contributed by atoms with E-state index in [9.17, 15) is 0 Å². The van der Waals surface area contributed by atoms with E-state index < -0.39 is 0 Å². The Kier molecular flexibility index (Phi) is 8.34. The molecule has 1 fully saturated rings. The Morgan fingerprint density at radius 2 is 1.96 bits per heavy atom. The molecule has 7 heteroatoms. The molecule has 0 aromatic heterocycles. The summed E-state index contributed by atoms with van der Waals surface area (Å²) in [6.45, 7) is 7.57. The second-order valence-corrected chi connectivity index (χ2v) is 5.76. The molecule has 2 rings (SSSR count). The predicted molar refractivity (Wildman–Crippen MR) is 98.4 cm³/mol.